The molecule has 1 saturated carbocycles. The number of halogens is 9. The van der Waals surface area contributed by atoms with Gasteiger partial charge in [0.1, 0.15) is 5.75 Å². The normalized spacial score (nSPS) is 28.7. The van der Waals surface area contributed by atoms with Gasteiger partial charge in [-0.05, 0) is 104 Å². The molecule has 0 saturated heterocycles. The number of ether oxygens (including phenoxy) is 1. The lowest BCUT2D eigenvalue weighted by atomic mass is 9.49. The first-order valence-electron chi connectivity index (χ1n) is 16.8. The predicted octanol–water partition coefficient (Wildman–Crippen LogP) is 11.1. The molecule has 5 rings (SSSR count). The number of benzene rings is 1. The zero-order valence-corrected chi connectivity index (χ0v) is 28.6. The van der Waals surface area contributed by atoms with Gasteiger partial charge in [0, 0.05) is 24.2 Å². The van der Waals surface area contributed by atoms with Gasteiger partial charge in [-0.15, -0.1) is 0 Å². The average Bonchev–Trinajstić information content (AvgIpc) is 3.04. The first-order valence-corrected chi connectivity index (χ1v) is 16.8. The molecule has 12 heteroatoms. The van der Waals surface area contributed by atoms with E-state index >= 15 is 8.78 Å². The van der Waals surface area contributed by atoms with Crippen LogP contribution in [0.2, 0.25) is 0 Å². The summed E-state index contributed by atoms with van der Waals surface area (Å²) < 4.78 is 131. The van der Waals surface area contributed by atoms with Crippen molar-refractivity contribution in [1.82, 2.24) is 4.98 Å². The molecule has 0 amide bonds. The number of carbonyl (C=O) groups excluding carboxylic acids is 1. The van der Waals surface area contributed by atoms with Crippen molar-refractivity contribution in [2.45, 2.75) is 103 Å². The number of alkyl halides is 9. The number of aromatic nitrogens is 1. The van der Waals surface area contributed by atoms with Crippen LogP contribution >= 0.6 is 0 Å². The fourth-order valence-corrected chi connectivity index (χ4v) is 8.32. The first-order chi connectivity index (χ1) is 23.0. The van der Waals surface area contributed by atoms with Crippen LogP contribution in [0.15, 0.2) is 72.6 Å². The number of hydrogen-bond acceptors (Lipinski definition) is 3. The molecule has 50 heavy (non-hydrogen) atoms. The van der Waals surface area contributed by atoms with Gasteiger partial charge < -0.3 is 4.74 Å². The van der Waals surface area contributed by atoms with Gasteiger partial charge in [-0.25, -0.2) is 0 Å². The van der Waals surface area contributed by atoms with Crippen LogP contribution in [-0.2, 0) is 10.2 Å². The number of rotatable bonds is 9. The van der Waals surface area contributed by atoms with Gasteiger partial charge in [-0.1, -0.05) is 63.6 Å². The Bertz CT molecular complexity index is 1620. The van der Waals surface area contributed by atoms with Crippen molar-refractivity contribution < 1.29 is 49.0 Å². The lowest BCUT2D eigenvalue weighted by molar-refractivity contribution is -0.397. The Morgan fingerprint density at radius 1 is 0.880 bits per heavy atom. The minimum atomic E-state index is -7.01. The molecule has 6 unspecified atom stereocenters. The Morgan fingerprint density at radius 3 is 2.06 bits per heavy atom. The molecule has 1 heterocycles. The van der Waals surface area contributed by atoms with Gasteiger partial charge in [0.05, 0.1) is 5.41 Å². The highest BCUT2D eigenvalue weighted by Gasteiger charge is 2.82. The van der Waals surface area contributed by atoms with E-state index in [-0.39, 0.29) is 28.2 Å². The molecule has 3 aliphatic rings. The summed E-state index contributed by atoms with van der Waals surface area (Å²) in [5.41, 5.74) is -1.74. The van der Waals surface area contributed by atoms with Crippen molar-refractivity contribution in [3.05, 3.63) is 83.7 Å². The summed E-state index contributed by atoms with van der Waals surface area (Å²) in [6, 6.07) is 7.27. The maximum atomic E-state index is 15.1. The van der Waals surface area contributed by atoms with Crippen LogP contribution in [0.5, 0.6) is 5.75 Å². The molecule has 274 valence electrons. The smallest absolute Gasteiger partial charge is 0.426 e. The molecule has 1 aromatic heterocycles. The summed E-state index contributed by atoms with van der Waals surface area (Å²) in [5, 5.41) is 0. The summed E-state index contributed by atoms with van der Waals surface area (Å²) >= 11 is 0. The second kappa shape index (κ2) is 12.7. The number of pyridine rings is 1. The molecule has 0 bridgehead atoms. The van der Waals surface area contributed by atoms with E-state index in [1.807, 2.05) is 6.92 Å². The molecule has 3 aliphatic carbocycles. The number of hydrogen-bond donors (Lipinski definition) is 0. The maximum absolute atomic E-state index is 15.1. The third-order valence-corrected chi connectivity index (χ3v) is 11.8. The van der Waals surface area contributed by atoms with E-state index in [9.17, 15) is 35.5 Å². The van der Waals surface area contributed by atoms with Gasteiger partial charge in [-0.2, -0.15) is 39.5 Å². The van der Waals surface area contributed by atoms with Crippen LogP contribution < -0.4 is 4.74 Å². The Labute approximate surface area is 286 Å². The van der Waals surface area contributed by atoms with Crippen molar-refractivity contribution in [2.75, 3.05) is 0 Å². The standard InChI is InChI=1S/C38H42F9NO2/c1-23(2)24-7-13-30-25(20-24)6-8-28-21-32(3,16-17-33(28,30)4)31(49)50-29-11-9-26(10-12-29)34(5,27-14-18-48-19-15-27)22-35(39,40)36(41,42)37(43,44)38(45,46)47/h6,8-12,14-15,18-20,23,25,28,30H,7,13,16-17,21-22H2,1-5H3. The number of fused-ring (bicyclic) bond motifs is 3. The first kappa shape index (κ1) is 37.9. The molecule has 1 fully saturated rings. The number of nitrogens with zero attached hydrogens (tertiary/aromatic N) is 1. The van der Waals surface area contributed by atoms with Crippen LogP contribution in [0.1, 0.15) is 84.3 Å². The lowest BCUT2D eigenvalue weighted by Crippen LogP contribution is -2.62. The van der Waals surface area contributed by atoms with Crippen LogP contribution in [0.3, 0.4) is 0 Å². The lowest BCUT2D eigenvalue weighted by Gasteiger charge is -2.55. The van der Waals surface area contributed by atoms with Crippen molar-refractivity contribution >= 4 is 5.97 Å². The third kappa shape index (κ3) is 6.37. The van der Waals surface area contributed by atoms with Crippen molar-refractivity contribution in [3.63, 3.8) is 0 Å². The second-order valence-electron chi connectivity index (χ2n) is 15.4. The zero-order chi connectivity index (χ0) is 37.1. The SMILES string of the molecule is CC(C)C1=CC2C=CC3CC(C)(C(=O)Oc4ccc(C(C)(CC(F)(F)C(F)(F)C(F)(F)C(F)(F)F)c5ccncc5)cc4)CCC3(C)C2CC1. The summed E-state index contributed by atoms with van der Waals surface area (Å²) in [6.45, 7) is 9.61. The predicted molar refractivity (Wildman–Crippen MR) is 170 cm³/mol. The van der Waals surface area contributed by atoms with Crippen LogP contribution in [0, 0.1) is 34.5 Å². The molecule has 6 atom stereocenters. The van der Waals surface area contributed by atoms with Crippen molar-refractivity contribution in [2.24, 2.45) is 34.5 Å². The summed E-state index contributed by atoms with van der Waals surface area (Å²) in [6.07, 6.45) is 4.27. The third-order valence-electron chi connectivity index (χ3n) is 11.8. The van der Waals surface area contributed by atoms with Gasteiger partial charge >= 0.3 is 29.9 Å². The molecular weight excluding hydrogens is 673 g/mol. The summed E-state index contributed by atoms with van der Waals surface area (Å²) in [5.74, 6) is -18.6. The van der Waals surface area contributed by atoms with E-state index < -0.39 is 47.2 Å². The van der Waals surface area contributed by atoms with Crippen molar-refractivity contribution in [3.8, 4) is 5.75 Å². The monoisotopic (exact) mass is 715 g/mol. The van der Waals surface area contributed by atoms with E-state index in [4.69, 9.17) is 4.74 Å². The molecular formula is C38H42F9NO2. The fraction of sp³-hybridized carbons (Fsp3) is 0.579. The van der Waals surface area contributed by atoms with Crippen molar-refractivity contribution in [1.29, 1.82) is 0 Å². The number of carbonyl (C=O) groups is 1. The largest absolute Gasteiger partial charge is 0.460 e. The highest BCUT2D eigenvalue weighted by molar-refractivity contribution is 5.79. The minimum Gasteiger partial charge on any atom is -0.426 e. The Balaban J connectivity index is 1.36. The van der Waals surface area contributed by atoms with Crippen LogP contribution in [0.4, 0.5) is 39.5 Å². The maximum Gasteiger partial charge on any atom is 0.460 e. The quantitative estimate of drug-likeness (QED) is 0.112. The van der Waals surface area contributed by atoms with Gasteiger partial charge in [0.25, 0.3) is 0 Å². The topological polar surface area (TPSA) is 39.2 Å². The molecule has 2 aromatic rings. The molecule has 3 nitrogen and oxygen atoms in total. The Morgan fingerprint density at radius 2 is 1.48 bits per heavy atom. The Kier molecular flexibility index (Phi) is 9.65. The van der Waals surface area contributed by atoms with E-state index in [1.165, 1.54) is 42.0 Å². The van der Waals surface area contributed by atoms with Crippen LogP contribution in [-0.4, -0.2) is 34.9 Å². The van der Waals surface area contributed by atoms with E-state index in [1.54, 1.807) is 0 Å². The minimum absolute atomic E-state index is 0.0141. The van der Waals surface area contributed by atoms with E-state index in [0.717, 1.165) is 38.6 Å². The summed E-state index contributed by atoms with van der Waals surface area (Å²) in [7, 11) is 0. The summed E-state index contributed by atoms with van der Waals surface area (Å²) in [4.78, 5) is 17.4. The molecule has 1 aromatic carbocycles. The highest BCUT2D eigenvalue weighted by Crippen LogP contribution is 2.60. The highest BCUT2D eigenvalue weighted by atomic mass is 19.4. The average molecular weight is 716 g/mol. The van der Waals surface area contributed by atoms with Crippen LogP contribution in [0.25, 0.3) is 0 Å². The molecule has 0 N–H and O–H groups in total. The van der Waals surface area contributed by atoms with Gasteiger partial charge in [-0.3, -0.25) is 9.78 Å². The van der Waals surface area contributed by atoms with Gasteiger partial charge in [0.2, 0.25) is 0 Å². The number of allylic oxidation sites excluding steroid dienone is 4. The zero-order valence-electron chi connectivity index (χ0n) is 28.6. The van der Waals surface area contributed by atoms with E-state index in [0.29, 0.717) is 30.6 Å². The Hall–Kier alpha value is -3.31. The van der Waals surface area contributed by atoms with Gasteiger partial charge in [0.15, 0.2) is 0 Å². The molecule has 0 radical (unpaired) electrons. The second-order valence-corrected chi connectivity index (χ2v) is 15.4. The number of esters is 1. The molecule has 0 spiro atoms. The molecule has 0 aliphatic heterocycles. The fourth-order valence-electron chi connectivity index (χ4n) is 8.32. The van der Waals surface area contributed by atoms with E-state index in [2.05, 4.69) is 44.0 Å².